The molecule has 0 aliphatic carbocycles. The van der Waals surface area contributed by atoms with Crippen molar-refractivity contribution in [2.75, 3.05) is 26.8 Å². The molecule has 4 rings (SSSR count). The number of ether oxygens (including phenoxy) is 2. The number of hydrogen-bond donors (Lipinski definition) is 1. The van der Waals surface area contributed by atoms with Gasteiger partial charge in [0.2, 0.25) is 5.91 Å². The minimum atomic E-state index is 0.145. The van der Waals surface area contributed by atoms with Gasteiger partial charge in [-0.15, -0.1) is 0 Å². The highest BCUT2D eigenvalue weighted by Crippen LogP contribution is 2.35. The SMILES string of the molecule is COc1ccc2[nH]cc(C3CCN(C(=O)C[C@@H]4CCCO4)CC3)c2c1. The Morgan fingerprint density at radius 2 is 2.16 bits per heavy atom. The molecule has 2 fully saturated rings. The molecular formula is C20H26N2O3. The fourth-order valence-corrected chi connectivity index (χ4v) is 4.16. The Morgan fingerprint density at radius 3 is 2.88 bits per heavy atom. The van der Waals surface area contributed by atoms with Crippen molar-refractivity contribution in [3.05, 3.63) is 30.0 Å². The van der Waals surface area contributed by atoms with E-state index >= 15 is 0 Å². The standard InChI is InChI=1S/C20H26N2O3/c1-24-15-4-5-19-17(11-15)18(13-21-19)14-6-8-22(9-7-14)20(23)12-16-3-2-10-25-16/h4-5,11,13-14,16,21H,2-3,6-10,12H2,1H3/t16-/m0/s1. The second kappa shape index (κ2) is 7.08. The van der Waals surface area contributed by atoms with Crippen LogP contribution in [0.15, 0.2) is 24.4 Å². The van der Waals surface area contributed by atoms with Crippen LogP contribution in [0, 0.1) is 0 Å². The summed E-state index contributed by atoms with van der Waals surface area (Å²) in [6, 6.07) is 6.16. The van der Waals surface area contributed by atoms with E-state index in [4.69, 9.17) is 9.47 Å². The molecule has 2 saturated heterocycles. The van der Waals surface area contributed by atoms with Gasteiger partial charge in [-0.05, 0) is 55.4 Å². The summed E-state index contributed by atoms with van der Waals surface area (Å²) in [7, 11) is 1.70. The van der Waals surface area contributed by atoms with Crippen LogP contribution >= 0.6 is 0 Å². The number of carbonyl (C=O) groups is 1. The molecule has 1 N–H and O–H groups in total. The number of methoxy groups -OCH3 is 1. The third-order valence-corrected chi connectivity index (χ3v) is 5.63. The van der Waals surface area contributed by atoms with Crippen molar-refractivity contribution in [3.8, 4) is 5.75 Å². The number of hydrogen-bond acceptors (Lipinski definition) is 3. The Kier molecular flexibility index (Phi) is 4.66. The van der Waals surface area contributed by atoms with Gasteiger partial charge in [0.05, 0.1) is 19.6 Å². The lowest BCUT2D eigenvalue weighted by Crippen LogP contribution is -2.39. The lowest BCUT2D eigenvalue weighted by Gasteiger charge is -2.32. The third kappa shape index (κ3) is 3.38. The second-order valence-corrected chi connectivity index (χ2v) is 7.15. The van der Waals surface area contributed by atoms with E-state index < -0.39 is 0 Å². The zero-order valence-electron chi connectivity index (χ0n) is 14.8. The largest absolute Gasteiger partial charge is 0.497 e. The molecule has 0 spiro atoms. The molecule has 5 nitrogen and oxygen atoms in total. The number of nitrogens with one attached hydrogen (secondary N) is 1. The summed E-state index contributed by atoms with van der Waals surface area (Å²) in [6.07, 6.45) is 6.96. The minimum absolute atomic E-state index is 0.145. The van der Waals surface area contributed by atoms with Gasteiger partial charge in [0.1, 0.15) is 5.75 Å². The van der Waals surface area contributed by atoms with Crippen LogP contribution in [0.25, 0.3) is 10.9 Å². The topological polar surface area (TPSA) is 54.6 Å². The van der Waals surface area contributed by atoms with Gasteiger partial charge in [-0.2, -0.15) is 0 Å². The first-order chi connectivity index (χ1) is 12.2. The number of likely N-dealkylation sites (tertiary alicyclic amines) is 1. The highest BCUT2D eigenvalue weighted by Gasteiger charge is 2.28. The molecule has 25 heavy (non-hydrogen) atoms. The fourth-order valence-electron chi connectivity index (χ4n) is 4.16. The van der Waals surface area contributed by atoms with Crippen LogP contribution < -0.4 is 4.74 Å². The third-order valence-electron chi connectivity index (χ3n) is 5.63. The minimum Gasteiger partial charge on any atom is -0.497 e. The Labute approximate surface area is 148 Å². The summed E-state index contributed by atoms with van der Waals surface area (Å²) in [5, 5.41) is 1.24. The van der Waals surface area contributed by atoms with Crippen molar-refractivity contribution >= 4 is 16.8 Å². The Morgan fingerprint density at radius 1 is 1.32 bits per heavy atom. The number of H-pyrrole nitrogens is 1. The number of rotatable bonds is 4. The van der Waals surface area contributed by atoms with Crippen LogP contribution in [0.1, 0.15) is 43.6 Å². The van der Waals surface area contributed by atoms with Gasteiger partial charge in [-0.3, -0.25) is 4.79 Å². The van der Waals surface area contributed by atoms with Gasteiger partial charge in [0, 0.05) is 36.8 Å². The number of benzene rings is 1. The number of amides is 1. The van der Waals surface area contributed by atoms with Crippen molar-refractivity contribution in [1.29, 1.82) is 0 Å². The van der Waals surface area contributed by atoms with E-state index in [2.05, 4.69) is 23.3 Å². The van der Waals surface area contributed by atoms with E-state index in [9.17, 15) is 4.79 Å². The molecule has 1 amide bonds. The molecule has 134 valence electrons. The smallest absolute Gasteiger partial charge is 0.225 e. The highest BCUT2D eigenvalue weighted by molar-refractivity contribution is 5.85. The highest BCUT2D eigenvalue weighted by atomic mass is 16.5. The van der Waals surface area contributed by atoms with Crippen LogP contribution in [0.3, 0.4) is 0 Å². The molecule has 2 aromatic rings. The van der Waals surface area contributed by atoms with E-state index in [-0.39, 0.29) is 12.0 Å². The first kappa shape index (κ1) is 16.5. The molecule has 2 aliphatic rings. The van der Waals surface area contributed by atoms with E-state index in [1.165, 1.54) is 10.9 Å². The number of piperidine rings is 1. The van der Waals surface area contributed by atoms with Gasteiger partial charge in [0.25, 0.3) is 0 Å². The summed E-state index contributed by atoms with van der Waals surface area (Å²) < 4.78 is 11.0. The first-order valence-electron chi connectivity index (χ1n) is 9.29. The zero-order valence-corrected chi connectivity index (χ0v) is 14.8. The van der Waals surface area contributed by atoms with Crippen LogP contribution in [0.4, 0.5) is 0 Å². The fraction of sp³-hybridized carbons (Fsp3) is 0.550. The monoisotopic (exact) mass is 342 g/mol. The normalized spacial score (nSPS) is 21.8. The van der Waals surface area contributed by atoms with Crippen molar-refractivity contribution in [2.45, 2.75) is 44.1 Å². The molecule has 0 unspecified atom stereocenters. The molecule has 0 radical (unpaired) electrons. The maximum atomic E-state index is 12.5. The molecule has 1 aromatic carbocycles. The molecule has 0 bridgehead atoms. The number of aromatic amines is 1. The molecule has 1 atom stereocenters. The van der Waals surface area contributed by atoms with Gasteiger partial charge < -0.3 is 19.4 Å². The summed E-state index contributed by atoms with van der Waals surface area (Å²) in [5.74, 6) is 1.64. The van der Waals surface area contributed by atoms with Gasteiger partial charge >= 0.3 is 0 Å². The van der Waals surface area contributed by atoms with Crippen molar-refractivity contribution in [2.24, 2.45) is 0 Å². The molecule has 3 heterocycles. The Bertz CT molecular complexity index is 740. The molecule has 2 aliphatic heterocycles. The maximum Gasteiger partial charge on any atom is 0.225 e. The van der Waals surface area contributed by atoms with E-state index in [1.54, 1.807) is 7.11 Å². The molecule has 0 saturated carbocycles. The zero-order chi connectivity index (χ0) is 17.2. The van der Waals surface area contributed by atoms with E-state index in [0.717, 1.165) is 56.6 Å². The predicted octanol–water partition coefficient (Wildman–Crippen LogP) is 3.45. The average molecular weight is 342 g/mol. The summed E-state index contributed by atoms with van der Waals surface area (Å²) in [4.78, 5) is 17.9. The lowest BCUT2D eigenvalue weighted by atomic mass is 9.89. The van der Waals surface area contributed by atoms with Gasteiger partial charge in [-0.25, -0.2) is 0 Å². The summed E-state index contributed by atoms with van der Waals surface area (Å²) in [6.45, 7) is 2.49. The van der Waals surface area contributed by atoms with Crippen LogP contribution in [0.2, 0.25) is 0 Å². The van der Waals surface area contributed by atoms with Crippen molar-refractivity contribution < 1.29 is 14.3 Å². The van der Waals surface area contributed by atoms with E-state index in [0.29, 0.717) is 12.3 Å². The number of carbonyl (C=O) groups excluding carboxylic acids is 1. The van der Waals surface area contributed by atoms with Crippen LogP contribution in [-0.4, -0.2) is 48.7 Å². The summed E-state index contributed by atoms with van der Waals surface area (Å²) in [5.41, 5.74) is 2.49. The Balaban J connectivity index is 1.40. The number of aromatic nitrogens is 1. The van der Waals surface area contributed by atoms with Crippen LogP contribution in [0.5, 0.6) is 5.75 Å². The second-order valence-electron chi connectivity index (χ2n) is 7.15. The maximum absolute atomic E-state index is 12.5. The number of fused-ring (bicyclic) bond motifs is 1. The quantitative estimate of drug-likeness (QED) is 0.926. The molecule has 5 heteroatoms. The predicted molar refractivity (Wildman–Crippen MR) is 97.0 cm³/mol. The van der Waals surface area contributed by atoms with Crippen LogP contribution in [-0.2, 0) is 9.53 Å². The molecular weight excluding hydrogens is 316 g/mol. The molecule has 1 aromatic heterocycles. The van der Waals surface area contributed by atoms with Gasteiger partial charge in [0.15, 0.2) is 0 Å². The first-order valence-corrected chi connectivity index (χ1v) is 9.29. The number of nitrogens with zero attached hydrogens (tertiary/aromatic N) is 1. The Hall–Kier alpha value is -2.01. The van der Waals surface area contributed by atoms with Crippen molar-refractivity contribution in [3.63, 3.8) is 0 Å². The summed E-state index contributed by atoms with van der Waals surface area (Å²) >= 11 is 0. The van der Waals surface area contributed by atoms with Crippen molar-refractivity contribution in [1.82, 2.24) is 9.88 Å². The average Bonchev–Trinajstić information content (AvgIpc) is 3.30. The lowest BCUT2D eigenvalue weighted by molar-refractivity contribution is -0.134. The van der Waals surface area contributed by atoms with E-state index in [1.807, 2.05) is 11.0 Å². The van der Waals surface area contributed by atoms with Gasteiger partial charge in [-0.1, -0.05) is 0 Å².